The molecule has 0 bridgehead atoms. The minimum absolute atomic E-state index is 0.0182. The van der Waals surface area contributed by atoms with Gasteiger partial charge in [0.15, 0.2) is 5.78 Å². The molecular formula is C20H16N2O. The first-order valence-corrected chi connectivity index (χ1v) is 7.38. The molecule has 0 saturated heterocycles. The molecule has 0 atom stereocenters. The van der Waals surface area contributed by atoms with Crippen molar-refractivity contribution in [2.45, 2.75) is 0 Å². The van der Waals surface area contributed by atoms with Crippen molar-refractivity contribution in [1.29, 1.82) is 0 Å². The van der Waals surface area contributed by atoms with Crippen LogP contribution in [0.3, 0.4) is 0 Å². The van der Waals surface area contributed by atoms with Crippen LogP contribution in [0.4, 0.5) is 5.69 Å². The lowest BCUT2D eigenvalue weighted by Gasteiger charge is -2.04. The molecule has 3 rings (SSSR count). The van der Waals surface area contributed by atoms with Crippen LogP contribution in [-0.2, 0) is 4.79 Å². The molecule has 0 fully saturated rings. The fourth-order valence-corrected chi connectivity index (χ4v) is 2.17. The highest BCUT2D eigenvalue weighted by Gasteiger charge is 2.07. The highest BCUT2D eigenvalue weighted by Crippen LogP contribution is 2.11. The smallest absolute Gasteiger partial charge is 0.185 e. The van der Waals surface area contributed by atoms with Crippen LogP contribution < -0.4 is 5.43 Å². The Hall–Kier alpha value is -3.20. The van der Waals surface area contributed by atoms with E-state index in [9.17, 15) is 4.79 Å². The summed E-state index contributed by atoms with van der Waals surface area (Å²) in [6.07, 6.45) is 8.75. The van der Waals surface area contributed by atoms with Crippen molar-refractivity contribution < 1.29 is 4.79 Å². The maximum absolute atomic E-state index is 11.6. The van der Waals surface area contributed by atoms with E-state index < -0.39 is 0 Å². The first kappa shape index (κ1) is 14.7. The third kappa shape index (κ3) is 3.92. The summed E-state index contributed by atoms with van der Waals surface area (Å²) in [6.45, 7) is 0. The van der Waals surface area contributed by atoms with Crippen LogP contribution in [0.25, 0.3) is 0 Å². The molecule has 1 aliphatic carbocycles. The molecule has 112 valence electrons. The molecule has 0 aromatic heterocycles. The Morgan fingerprint density at radius 1 is 0.957 bits per heavy atom. The Kier molecular flexibility index (Phi) is 4.60. The molecule has 1 aliphatic rings. The molecule has 0 spiro atoms. The molecule has 1 N–H and O–H groups in total. The number of nitrogens with one attached hydrogen (secondary N) is 1. The standard InChI is InChI=1S/C20H16N2O/c23-20-13-7-10-17(20)14-15-19(16-8-3-1-4-9-16)22-21-18-11-5-2-6-12-18/h1-15,21H/b15-14+,22-19+. The monoisotopic (exact) mass is 300 g/mol. The number of hydrazone groups is 1. The van der Waals surface area contributed by atoms with E-state index in [2.05, 4.69) is 10.5 Å². The number of ketones is 1. The van der Waals surface area contributed by atoms with E-state index in [1.165, 1.54) is 0 Å². The average Bonchev–Trinajstić information content (AvgIpc) is 3.02. The maximum Gasteiger partial charge on any atom is 0.185 e. The van der Waals surface area contributed by atoms with Gasteiger partial charge in [-0.05, 0) is 30.4 Å². The van der Waals surface area contributed by atoms with Gasteiger partial charge in [-0.1, -0.05) is 60.7 Å². The summed E-state index contributed by atoms with van der Waals surface area (Å²) < 4.78 is 0. The van der Waals surface area contributed by atoms with Crippen molar-refractivity contribution in [1.82, 2.24) is 0 Å². The van der Waals surface area contributed by atoms with E-state index in [1.807, 2.05) is 66.7 Å². The molecule has 23 heavy (non-hydrogen) atoms. The largest absolute Gasteiger partial charge is 0.289 e. The normalized spacial score (nSPS) is 14.3. The number of carbonyl (C=O) groups is 1. The summed E-state index contributed by atoms with van der Waals surface area (Å²) in [5.41, 5.74) is 6.35. The van der Waals surface area contributed by atoms with Crippen LogP contribution in [-0.4, -0.2) is 11.5 Å². The van der Waals surface area contributed by atoms with Crippen molar-refractivity contribution in [2.75, 3.05) is 5.43 Å². The third-order valence-corrected chi connectivity index (χ3v) is 3.38. The van der Waals surface area contributed by atoms with Crippen LogP contribution >= 0.6 is 0 Å². The predicted molar refractivity (Wildman–Crippen MR) is 94.4 cm³/mol. The fraction of sp³-hybridized carbons (Fsp3) is 0. The van der Waals surface area contributed by atoms with Crippen LogP contribution in [0.15, 0.2) is 102 Å². The van der Waals surface area contributed by atoms with Gasteiger partial charge in [0, 0.05) is 11.1 Å². The molecule has 2 aromatic carbocycles. The van der Waals surface area contributed by atoms with E-state index in [0.29, 0.717) is 5.57 Å². The molecule has 3 heteroatoms. The van der Waals surface area contributed by atoms with Gasteiger partial charge in [-0.15, -0.1) is 0 Å². The Morgan fingerprint density at radius 3 is 2.30 bits per heavy atom. The zero-order chi connectivity index (χ0) is 15.9. The highest BCUT2D eigenvalue weighted by atomic mass is 16.1. The second kappa shape index (κ2) is 7.18. The van der Waals surface area contributed by atoms with Gasteiger partial charge in [-0.2, -0.15) is 5.10 Å². The lowest BCUT2D eigenvalue weighted by molar-refractivity contribution is -0.110. The van der Waals surface area contributed by atoms with Crippen molar-refractivity contribution in [3.05, 3.63) is 102 Å². The molecule has 0 heterocycles. The minimum Gasteiger partial charge on any atom is -0.289 e. The van der Waals surface area contributed by atoms with E-state index >= 15 is 0 Å². The van der Waals surface area contributed by atoms with Gasteiger partial charge in [-0.3, -0.25) is 10.2 Å². The molecule has 0 unspecified atom stereocenters. The molecule has 3 nitrogen and oxygen atoms in total. The molecule has 0 aliphatic heterocycles. The Morgan fingerprint density at radius 2 is 1.65 bits per heavy atom. The predicted octanol–water partition coefficient (Wildman–Crippen LogP) is 4.12. The molecule has 2 aromatic rings. The van der Waals surface area contributed by atoms with Crippen molar-refractivity contribution in [3.63, 3.8) is 0 Å². The van der Waals surface area contributed by atoms with E-state index in [4.69, 9.17) is 0 Å². The topological polar surface area (TPSA) is 41.5 Å². The van der Waals surface area contributed by atoms with Gasteiger partial charge in [0.25, 0.3) is 0 Å². The van der Waals surface area contributed by atoms with Crippen molar-refractivity contribution >= 4 is 17.2 Å². The minimum atomic E-state index is 0.0182. The molecule has 0 amide bonds. The van der Waals surface area contributed by atoms with E-state index in [-0.39, 0.29) is 5.78 Å². The molecule has 0 saturated carbocycles. The van der Waals surface area contributed by atoms with Crippen LogP contribution in [0.1, 0.15) is 5.56 Å². The lowest BCUT2D eigenvalue weighted by atomic mass is 10.1. The second-order valence-corrected chi connectivity index (χ2v) is 5.02. The molecular weight excluding hydrogens is 284 g/mol. The second-order valence-electron chi connectivity index (χ2n) is 5.02. The zero-order valence-corrected chi connectivity index (χ0v) is 12.5. The number of hydrogen-bond donors (Lipinski definition) is 1. The van der Waals surface area contributed by atoms with Crippen molar-refractivity contribution in [3.8, 4) is 0 Å². The molecule has 0 radical (unpaired) electrons. The summed E-state index contributed by atoms with van der Waals surface area (Å²) in [5.74, 6) is 0.0182. The number of carbonyl (C=O) groups excluding carboxylic acids is 1. The maximum atomic E-state index is 11.6. The van der Waals surface area contributed by atoms with Crippen LogP contribution in [0.5, 0.6) is 0 Å². The third-order valence-electron chi connectivity index (χ3n) is 3.38. The van der Waals surface area contributed by atoms with Gasteiger partial charge in [0.05, 0.1) is 11.4 Å². The van der Waals surface area contributed by atoms with Gasteiger partial charge in [-0.25, -0.2) is 0 Å². The summed E-state index contributed by atoms with van der Waals surface area (Å²) in [5, 5.41) is 4.47. The highest BCUT2D eigenvalue weighted by molar-refractivity contribution is 6.13. The zero-order valence-electron chi connectivity index (χ0n) is 12.5. The Bertz CT molecular complexity index is 800. The first-order chi connectivity index (χ1) is 11.3. The fourth-order valence-electron chi connectivity index (χ4n) is 2.17. The Balaban J connectivity index is 1.85. The SMILES string of the molecule is O=C1C=CC=C1/C=C/C(=N\Nc1ccccc1)c1ccccc1. The number of benzene rings is 2. The van der Waals surface area contributed by atoms with E-state index in [0.717, 1.165) is 17.0 Å². The number of anilines is 1. The summed E-state index contributed by atoms with van der Waals surface area (Å²) in [6, 6.07) is 19.6. The van der Waals surface area contributed by atoms with Crippen LogP contribution in [0.2, 0.25) is 0 Å². The van der Waals surface area contributed by atoms with Crippen molar-refractivity contribution in [2.24, 2.45) is 5.10 Å². The lowest BCUT2D eigenvalue weighted by Crippen LogP contribution is -2.02. The quantitative estimate of drug-likeness (QED) is 0.666. The van der Waals surface area contributed by atoms with Gasteiger partial charge in [0.1, 0.15) is 0 Å². The van der Waals surface area contributed by atoms with Gasteiger partial charge in [0.2, 0.25) is 0 Å². The summed E-state index contributed by atoms with van der Waals surface area (Å²) in [4.78, 5) is 11.6. The number of rotatable bonds is 5. The summed E-state index contributed by atoms with van der Waals surface area (Å²) >= 11 is 0. The number of para-hydroxylation sites is 1. The number of nitrogens with zero attached hydrogens (tertiary/aromatic N) is 1. The average molecular weight is 300 g/mol. The Labute approximate surface area is 135 Å². The summed E-state index contributed by atoms with van der Waals surface area (Å²) in [7, 11) is 0. The van der Waals surface area contributed by atoms with Gasteiger partial charge < -0.3 is 0 Å². The van der Waals surface area contributed by atoms with Crippen LogP contribution in [0, 0.1) is 0 Å². The van der Waals surface area contributed by atoms with E-state index in [1.54, 1.807) is 24.3 Å². The number of hydrogen-bond acceptors (Lipinski definition) is 3. The first-order valence-electron chi connectivity index (χ1n) is 7.38. The number of allylic oxidation sites excluding steroid dienone is 6. The van der Waals surface area contributed by atoms with Gasteiger partial charge >= 0.3 is 0 Å².